The molecule has 0 bridgehead atoms. The highest BCUT2D eigenvalue weighted by atomic mass is 16.4. The Bertz CT molecular complexity index is 695. The Morgan fingerprint density at radius 1 is 1.26 bits per heavy atom. The smallest absolute Gasteiger partial charge is 0.326 e. The number of carbonyl (C=O) groups excluding carboxylic acids is 2. The molecular formula is C21H27NO5. The maximum Gasteiger partial charge on any atom is 0.326 e. The van der Waals surface area contributed by atoms with Crippen molar-refractivity contribution < 1.29 is 24.6 Å². The Labute approximate surface area is 159 Å². The summed E-state index contributed by atoms with van der Waals surface area (Å²) in [5, 5.41) is 21.3. The lowest BCUT2D eigenvalue weighted by molar-refractivity contribution is -0.142. The molecule has 0 radical (unpaired) electrons. The molecule has 1 aromatic rings. The van der Waals surface area contributed by atoms with Crippen LogP contribution >= 0.6 is 0 Å². The van der Waals surface area contributed by atoms with E-state index < -0.39 is 12.0 Å². The number of Topliss-reactive ketones (excluding diaryl/α,β-unsaturated/α-hetero) is 1. The van der Waals surface area contributed by atoms with Crippen molar-refractivity contribution in [2.75, 3.05) is 0 Å². The average Bonchev–Trinajstić information content (AvgIpc) is 2.96. The van der Waals surface area contributed by atoms with Gasteiger partial charge >= 0.3 is 5.97 Å². The van der Waals surface area contributed by atoms with Gasteiger partial charge < -0.3 is 15.5 Å². The number of carbonyl (C=O) groups is 3. The number of amides is 1. The Hall–Kier alpha value is -2.63. The molecule has 2 rings (SSSR count). The van der Waals surface area contributed by atoms with Crippen molar-refractivity contribution in [3.63, 3.8) is 0 Å². The standard InChI is InChI=1S/C21H27NO5/c1-2-3-4-5-17-15(8-11-19(17)24)13-20(25)22-18(21(26)27)12-14-6-9-16(23)10-7-14/h3-4,6-7,9-10,15,17-18,23H,2,5,8,11-13H2,1H3,(H,22,25)(H,26,27)/b4-3-/t15?,17?,18-/m0/s1. The molecule has 1 aliphatic carbocycles. The third-order valence-corrected chi connectivity index (χ3v) is 4.99. The van der Waals surface area contributed by atoms with Crippen LogP contribution in [-0.2, 0) is 20.8 Å². The number of phenols is 1. The van der Waals surface area contributed by atoms with Gasteiger partial charge in [-0.3, -0.25) is 9.59 Å². The second kappa shape index (κ2) is 9.90. The topological polar surface area (TPSA) is 104 Å². The Morgan fingerprint density at radius 2 is 1.96 bits per heavy atom. The zero-order valence-corrected chi connectivity index (χ0v) is 15.6. The number of hydrogen-bond donors (Lipinski definition) is 3. The summed E-state index contributed by atoms with van der Waals surface area (Å²) < 4.78 is 0. The van der Waals surface area contributed by atoms with Gasteiger partial charge in [0.05, 0.1) is 0 Å². The van der Waals surface area contributed by atoms with E-state index in [1.807, 2.05) is 19.1 Å². The van der Waals surface area contributed by atoms with Crippen LogP contribution in [0.4, 0.5) is 0 Å². The van der Waals surface area contributed by atoms with E-state index in [1.54, 1.807) is 12.1 Å². The maximum atomic E-state index is 12.4. The molecule has 1 fully saturated rings. The van der Waals surface area contributed by atoms with Crippen molar-refractivity contribution in [2.45, 2.75) is 51.5 Å². The SMILES string of the molecule is CC/C=C\CC1C(=O)CCC1CC(=O)N[C@@H](Cc1ccc(O)cc1)C(=O)O. The van der Waals surface area contributed by atoms with Gasteiger partial charge in [-0.25, -0.2) is 4.79 Å². The Morgan fingerprint density at radius 3 is 2.59 bits per heavy atom. The molecule has 0 heterocycles. The number of rotatable bonds is 9. The van der Waals surface area contributed by atoms with E-state index in [2.05, 4.69) is 5.32 Å². The lowest BCUT2D eigenvalue weighted by atomic mass is 9.89. The molecule has 0 aromatic heterocycles. The molecule has 6 heteroatoms. The fraction of sp³-hybridized carbons (Fsp3) is 0.476. The highest BCUT2D eigenvalue weighted by Gasteiger charge is 2.35. The van der Waals surface area contributed by atoms with Crippen LogP contribution in [0.25, 0.3) is 0 Å². The van der Waals surface area contributed by atoms with E-state index in [9.17, 15) is 24.6 Å². The molecule has 1 amide bonds. The van der Waals surface area contributed by atoms with E-state index in [1.165, 1.54) is 12.1 Å². The van der Waals surface area contributed by atoms with Gasteiger partial charge in [0.25, 0.3) is 0 Å². The summed E-state index contributed by atoms with van der Waals surface area (Å²) >= 11 is 0. The van der Waals surface area contributed by atoms with Gasteiger partial charge in [-0.05, 0) is 42.9 Å². The van der Waals surface area contributed by atoms with E-state index in [0.717, 1.165) is 6.42 Å². The predicted octanol–water partition coefficient (Wildman–Crippen LogP) is 2.85. The molecule has 1 aliphatic rings. The van der Waals surface area contributed by atoms with E-state index >= 15 is 0 Å². The minimum absolute atomic E-state index is 0.0397. The molecule has 6 nitrogen and oxygen atoms in total. The van der Waals surface area contributed by atoms with Gasteiger partial charge in [0.1, 0.15) is 17.6 Å². The lowest BCUT2D eigenvalue weighted by Gasteiger charge is -2.19. The van der Waals surface area contributed by atoms with Crippen molar-refractivity contribution in [3.8, 4) is 5.75 Å². The molecular weight excluding hydrogens is 346 g/mol. The zero-order valence-electron chi connectivity index (χ0n) is 15.6. The third-order valence-electron chi connectivity index (χ3n) is 4.99. The van der Waals surface area contributed by atoms with Gasteiger partial charge in [0.15, 0.2) is 0 Å². The normalized spacial score (nSPS) is 20.7. The third kappa shape index (κ3) is 6.24. The first-order valence-electron chi connectivity index (χ1n) is 9.38. The predicted molar refractivity (Wildman–Crippen MR) is 101 cm³/mol. The van der Waals surface area contributed by atoms with Crippen LogP contribution in [0.1, 0.15) is 44.6 Å². The molecule has 0 aliphatic heterocycles. The van der Waals surface area contributed by atoms with Gasteiger partial charge in [-0.1, -0.05) is 31.2 Å². The molecule has 2 unspecified atom stereocenters. The maximum absolute atomic E-state index is 12.4. The van der Waals surface area contributed by atoms with Crippen molar-refractivity contribution in [1.29, 1.82) is 0 Å². The number of carboxylic acids is 1. The van der Waals surface area contributed by atoms with Crippen LogP contribution in [0.5, 0.6) is 5.75 Å². The minimum atomic E-state index is -1.11. The summed E-state index contributed by atoms with van der Waals surface area (Å²) in [4.78, 5) is 36.0. The fourth-order valence-electron chi connectivity index (χ4n) is 3.51. The van der Waals surface area contributed by atoms with Gasteiger partial charge in [0, 0.05) is 25.2 Å². The number of carboxylic acid groups (broad SMARTS) is 1. The van der Waals surface area contributed by atoms with Crippen LogP contribution in [-0.4, -0.2) is 33.9 Å². The number of aromatic hydroxyl groups is 1. The van der Waals surface area contributed by atoms with Gasteiger partial charge in [-0.2, -0.15) is 0 Å². The molecule has 3 N–H and O–H groups in total. The molecule has 0 spiro atoms. The number of phenolic OH excluding ortho intramolecular Hbond substituents is 1. The van der Waals surface area contributed by atoms with Crippen molar-refractivity contribution in [1.82, 2.24) is 5.32 Å². The quantitative estimate of drug-likeness (QED) is 0.578. The van der Waals surface area contributed by atoms with Crippen molar-refractivity contribution >= 4 is 17.7 Å². The van der Waals surface area contributed by atoms with Crippen LogP contribution < -0.4 is 5.32 Å². The average molecular weight is 373 g/mol. The number of aliphatic carboxylic acids is 1. The number of allylic oxidation sites excluding steroid dienone is 2. The first-order chi connectivity index (χ1) is 12.9. The number of nitrogens with one attached hydrogen (secondary N) is 1. The Balaban J connectivity index is 1.94. The molecule has 1 aromatic carbocycles. The zero-order chi connectivity index (χ0) is 19.8. The number of ketones is 1. The largest absolute Gasteiger partial charge is 0.508 e. The summed E-state index contributed by atoms with van der Waals surface area (Å²) in [6.07, 6.45) is 7.00. The van der Waals surface area contributed by atoms with Crippen LogP contribution in [0, 0.1) is 11.8 Å². The second-order valence-corrected chi connectivity index (χ2v) is 7.02. The Kier molecular flexibility index (Phi) is 7.58. The van der Waals surface area contributed by atoms with Crippen LogP contribution in [0.3, 0.4) is 0 Å². The van der Waals surface area contributed by atoms with E-state index in [-0.39, 0.29) is 42.1 Å². The van der Waals surface area contributed by atoms with E-state index in [0.29, 0.717) is 24.8 Å². The van der Waals surface area contributed by atoms with Gasteiger partial charge in [-0.15, -0.1) is 0 Å². The minimum Gasteiger partial charge on any atom is -0.508 e. The first kappa shape index (κ1) is 20.7. The highest BCUT2D eigenvalue weighted by molar-refractivity contribution is 5.87. The van der Waals surface area contributed by atoms with Gasteiger partial charge in [0.2, 0.25) is 5.91 Å². The highest BCUT2D eigenvalue weighted by Crippen LogP contribution is 2.34. The second-order valence-electron chi connectivity index (χ2n) is 7.02. The summed E-state index contributed by atoms with van der Waals surface area (Å²) in [6.45, 7) is 2.03. The van der Waals surface area contributed by atoms with Crippen molar-refractivity contribution in [2.24, 2.45) is 11.8 Å². The van der Waals surface area contributed by atoms with Crippen molar-refractivity contribution in [3.05, 3.63) is 42.0 Å². The summed E-state index contributed by atoms with van der Waals surface area (Å²) in [7, 11) is 0. The molecule has 0 saturated heterocycles. The fourth-order valence-corrected chi connectivity index (χ4v) is 3.51. The number of benzene rings is 1. The summed E-state index contributed by atoms with van der Waals surface area (Å²) in [5.74, 6) is -1.36. The molecule has 1 saturated carbocycles. The van der Waals surface area contributed by atoms with Crippen LogP contribution in [0.2, 0.25) is 0 Å². The summed E-state index contributed by atoms with van der Waals surface area (Å²) in [5.41, 5.74) is 0.708. The number of hydrogen-bond acceptors (Lipinski definition) is 4. The molecule has 27 heavy (non-hydrogen) atoms. The first-order valence-corrected chi connectivity index (χ1v) is 9.38. The van der Waals surface area contributed by atoms with E-state index in [4.69, 9.17) is 0 Å². The molecule has 146 valence electrons. The van der Waals surface area contributed by atoms with Crippen LogP contribution in [0.15, 0.2) is 36.4 Å². The monoisotopic (exact) mass is 373 g/mol. The summed E-state index contributed by atoms with van der Waals surface area (Å²) in [6, 6.07) is 5.17. The molecule has 3 atom stereocenters. The lowest BCUT2D eigenvalue weighted by Crippen LogP contribution is -2.43.